The maximum absolute atomic E-state index is 4.51. The summed E-state index contributed by atoms with van der Waals surface area (Å²) in [5.41, 5.74) is 0. The highest BCUT2D eigenvalue weighted by Gasteiger charge is 2.21. The average molecular weight is 327 g/mol. The van der Waals surface area contributed by atoms with E-state index in [-0.39, 0.29) is 0 Å². The zero-order valence-electron chi connectivity index (χ0n) is 11.7. The van der Waals surface area contributed by atoms with E-state index in [9.17, 15) is 0 Å². The number of halogens is 1. The molecule has 1 heterocycles. The van der Waals surface area contributed by atoms with Gasteiger partial charge in [0.15, 0.2) is 0 Å². The first-order valence-corrected chi connectivity index (χ1v) is 7.98. The van der Waals surface area contributed by atoms with Gasteiger partial charge >= 0.3 is 0 Å². The van der Waals surface area contributed by atoms with Crippen molar-refractivity contribution in [3.05, 3.63) is 10.7 Å². The zero-order valence-corrected chi connectivity index (χ0v) is 13.3. The molecule has 0 bridgehead atoms. The van der Waals surface area contributed by atoms with Crippen LogP contribution in [0.25, 0.3) is 0 Å². The Hall–Kier alpha value is -0.840. The Bertz CT molecular complexity index is 410. The molecule has 2 atom stereocenters. The van der Waals surface area contributed by atoms with E-state index in [1.54, 1.807) is 0 Å². The minimum Gasteiger partial charge on any atom is -0.369 e. The lowest BCUT2D eigenvalue weighted by Crippen LogP contribution is -2.14. The van der Waals surface area contributed by atoms with Crippen LogP contribution in [0.3, 0.4) is 0 Å². The third kappa shape index (κ3) is 4.34. The van der Waals surface area contributed by atoms with E-state index in [1.807, 2.05) is 6.20 Å². The van der Waals surface area contributed by atoms with Crippen LogP contribution >= 0.6 is 15.9 Å². The van der Waals surface area contributed by atoms with E-state index < -0.39 is 0 Å². The summed E-state index contributed by atoms with van der Waals surface area (Å²) in [5, 5.41) is 6.67. The molecule has 0 saturated heterocycles. The van der Waals surface area contributed by atoms with Gasteiger partial charge < -0.3 is 10.6 Å². The number of hydrogen-bond acceptors (Lipinski definition) is 4. The molecular formula is C14H23BrN4. The first-order valence-electron chi connectivity index (χ1n) is 7.19. The molecule has 0 aliphatic heterocycles. The van der Waals surface area contributed by atoms with Crippen molar-refractivity contribution in [2.24, 2.45) is 11.8 Å². The fourth-order valence-electron chi connectivity index (χ4n) is 2.56. The van der Waals surface area contributed by atoms with Crippen molar-refractivity contribution < 1.29 is 0 Å². The molecule has 4 nitrogen and oxygen atoms in total. The van der Waals surface area contributed by atoms with Gasteiger partial charge in [0, 0.05) is 19.3 Å². The molecule has 1 saturated carbocycles. The first-order chi connectivity index (χ1) is 9.19. The van der Waals surface area contributed by atoms with Crippen LogP contribution < -0.4 is 10.6 Å². The summed E-state index contributed by atoms with van der Waals surface area (Å²) >= 11 is 3.50. The topological polar surface area (TPSA) is 49.8 Å². The number of anilines is 2. The molecule has 1 fully saturated rings. The van der Waals surface area contributed by atoms with E-state index in [0.29, 0.717) is 5.95 Å². The maximum atomic E-state index is 4.51. The van der Waals surface area contributed by atoms with Crippen LogP contribution in [-0.2, 0) is 0 Å². The standard InChI is InChI=1S/C14H23BrN4/c1-3-6-16-14-18-9-12(15)13(19-14)17-8-11-5-4-10(2)7-11/h9-11H,3-8H2,1-2H3,(H2,16,17,18,19). The van der Waals surface area contributed by atoms with Crippen LogP contribution in [0.15, 0.2) is 10.7 Å². The second kappa shape index (κ2) is 7.08. The third-order valence-corrected chi connectivity index (χ3v) is 4.22. The Labute approximate surface area is 123 Å². The number of aromatic nitrogens is 2. The Balaban J connectivity index is 1.91. The van der Waals surface area contributed by atoms with Crippen molar-refractivity contribution in [1.82, 2.24) is 9.97 Å². The van der Waals surface area contributed by atoms with Gasteiger partial charge in [-0.3, -0.25) is 0 Å². The van der Waals surface area contributed by atoms with Gasteiger partial charge in [0.05, 0.1) is 4.47 Å². The quantitative estimate of drug-likeness (QED) is 0.832. The molecule has 1 aliphatic carbocycles. The van der Waals surface area contributed by atoms with E-state index in [2.05, 4.69) is 50.4 Å². The summed E-state index contributed by atoms with van der Waals surface area (Å²) < 4.78 is 0.931. The summed E-state index contributed by atoms with van der Waals surface area (Å²) in [6.07, 6.45) is 6.90. The molecule has 0 amide bonds. The second-order valence-electron chi connectivity index (χ2n) is 5.48. The lowest BCUT2D eigenvalue weighted by Gasteiger charge is -2.13. The van der Waals surface area contributed by atoms with Crippen LogP contribution in [0.1, 0.15) is 39.5 Å². The fourth-order valence-corrected chi connectivity index (χ4v) is 2.90. The Morgan fingerprint density at radius 2 is 2.21 bits per heavy atom. The van der Waals surface area contributed by atoms with Crippen LogP contribution in [-0.4, -0.2) is 23.1 Å². The largest absolute Gasteiger partial charge is 0.369 e. The summed E-state index contributed by atoms with van der Waals surface area (Å²) in [6.45, 7) is 6.38. The van der Waals surface area contributed by atoms with E-state index in [4.69, 9.17) is 0 Å². The number of rotatable bonds is 6. The van der Waals surface area contributed by atoms with Gasteiger partial charge in [-0.05, 0) is 47.0 Å². The van der Waals surface area contributed by atoms with Crippen LogP contribution in [0, 0.1) is 11.8 Å². The molecule has 1 aliphatic rings. The van der Waals surface area contributed by atoms with Gasteiger partial charge in [0.25, 0.3) is 0 Å². The fraction of sp³-hybridized carbons (Fsp3) is 0.714. The van der Waals surface area contributed by atoms with Gasteiger partial charge in [0.2, 0.25) is 5.95 Å². The average Bonchev–Trinajstić information content (AvgIpc) is 2.82. The molecule has 2 rings (SSSR count). The summed E-state index contributed by atoms with van der Waals surface area (Å²) in [4.78, 5) is 8.77. The maximum Gasteiger partial charge on any atom is 0.224 e. The molecule has 0 aromatic carbocycles. The molecule has 19 heavy (non-hydrogen) atoms. The van der Waals surface area contributed by atoms with Gasteiger partial charge in [-0.25, -0.2) is 4.98 Å². The van der Waals surface area contributed by atoms with Crippen LogP contribution in [0.4, 0.5) is 11.8 Å². The highest BCUT2D eigenvalue weighted by Crippen LogP contribution is 2.31. The summed E-state index contributed by atoms with van der Waals surface area (Å²) in [5.74, 6) is 3.26. The number of nitrogens with one attached hydrogen (secondary N) is 2. The Kier molecular flexibility index (Phi) is 5.43. The minimum absolute atomic E-state index is 0.701. The predicted molar refractivity (Wildman–Crippen MR) is 83.5 cm³/mol. The molecule has 5 heteroatoms. The highest BCUT2D eigenvalue weighted by molar-refractivity contribution is 9.10. The zero-order chi connectivity index (χ0) is 13.7. The SMILES string of the molecule is CCCNc1ncc(Br)c(NCC2CCC(C)C2)n1. The second-order valence-corrected chi connectivity index (χ2v) is 6.34. The smallest absolute Gasteiger partial charge is 0.224 e. The molecular weight excluding hydrogens is 304 g/mol. The monoisotopic (exact) mass is 326 g/mol. The van der Waals surface area contributed by atoms with Gasteiger partial charge in [-0.2, -0.15) is 4.98 Å². The normalized spacial score (nSPS) is 22.5. The molecule has 0 radical (unpaired) electrons. The minimum atomic E-state index is 0.701. The lowest BCUT2D eigenvalue weighted by molar-refractivity contribution is 0.536. The number of nitrogens with zero attached hydrogens (tertiary/aromatic N) is 2. The van der Waals surface area contributed by atoms with E-state index in [0.717, 1.165) is 41.6 Å². The van der Waals surface area contributed by atoms with E-state index in [1.165, 1.54) is 19.3 Å². The van der Waals surface area contributed by atoms with E-state index >= 15 is 0 Å². The third-order valence-electron chi connectivity index (χ3n) is 3.64. The molecule has 2 unspecified atom stereocenters. The summed E-state index contributed by atoms with van der Waals surface area (Å²) in [6, 6.07) is 0. The van der Waals surface area contributed by atoms with Crippen molar-refractivity contribution in [2.45, 2.75) is 39.5 Å². The Morgan fingerprint density at radius 1 is 1.37 bits per heavy atom. The summed E-state index contributed by atoms with van der Waals surface area (Å²) in [7, 11) is 0. The highest BCUT2D eigenvalue weighted by atomic mass is 79.9. The van der Waals surface area contributed by atoms with Crippen molar-refractivity contribution in [2.75, 3.05) is 23.7 Å². The number of hydrogen-bond donors (Lipinski definition) is 2. The lowest BCUT2D eigenvalue weighted by atomic mass is 10.1. The van der Waals surface area contributed by atoms with Gasteiger partial charge in [-0.1, -0.05) is 20.3 Å². The van der Waals surface area contributed by atoms with Crippen LogP contribution in [0.5, 0.6) is 0 Å². The van der Waals surface area contributed by atoms with Crippen molar-refractivity contribution in [1.29, 1.82) is 0 Å². The molecule has 2 N–H and O–H groups in total. The first kappa shape index (κ1) is 14.6. The van der Waals surface area contributed by atoms with Gasteiger partial charge in [-0.15, -0.1) is 0 Å². The Morgan fingerprint density at radius 3 is 2.89 bits per heavy atom. The molecule has 1 aromatic rings. The van der Waals surface area contributed by atoms with Crippen LogP contribution in [0.2, 0.25) is 0 Å². The molecule has 1 aromatic heterocycles. The molecule has 0 spiro atoms. The molecule has 106 valence electrons. The van der Waals surface area contributed by atoms with Crippen molar-refractivity contribution in [3.8, 4) is 0 Å². The van der Waals surface area contributed by atoms with Crippen molar-refractivity contribution >= 4 is 27.7 Å². The predicted octanol–water partition coefficient (Wildman–Crippen LogP) is 3.91. The van der Waals surface area contributed by atoms with Gasteiger partial charge in [0.1, 0.15) is 5.82 Å². The van der Waals surface area contributed by atoms with Crippen molar-refractivity contribution in [3.63, 3.8) is 0 Å².